The van der Waals surface area contributed by atoms with E-state index in [1.54, 1.807) is 19.2 Å². The maximum Gasteiger partial charge on any atom is 0.254 e. The summed E-state index contributed by atoms with van der Waals surface area (Å²) in [7, 11) is 3.62. The number of nitrogens with one attached hydrogen (secondary N) is 1. The number of carbonyl (C=O) groups is 1. The van der Waals surface area contributed by atoms with Crippen molar-refractivity contribution in [3.8, 4) is 0 Å². The molecule has 1 saturated carbocycles. The normalized spacial score (nSPS) is 15.7. The van der Waals surface area contributed by atoms with Gasteiger partial charge in [-0.2, -0.15) is 0 Å². The van der Waals surface area contributed by atoms with Crippen molar-refractivity contribution in [1.82, 2.24) is 9.88 Å². The lowest BCUT2D eigenvalue weighted by molar-refractivity contribution is 0.0735. The topological polar surface area (TPSA) is 45.2 Å². The van der Waals surface area contributed by atoms with Gasteiger partial charge in [0.05, 0.1) is 0 Å². The van der Waals surface area contributed by atoms with E-state index in [0.29, 0.717) is 22.6 Å². The number of pyridine rings is 1. The molecule has 18 heavy (non-hydrogen) atoms. The Labute approximate surface area is 112 Å². The maximum atomic E-state index is 12.4. The van der Waals surface area contributed by atoms with Gasteiger partial charge in [0.15, 0.2) is 0 Å². The molecule has 1 heterocycles. The molecule has 0 radical (unpaired) electrons. The van der Waals surface area contributed by atoms with Crippen LogP contribution >= 0.6 is 11.6 Å². The van der Waals surface area contributed by atoms with E-state index in [-0.39, 0.29) is 5.91 Å². The summed E-state index contributed by atoms with van der Waals surface area (Å²) in [5.41, 5.74) is 0.591. The van der Waals surface area contributed by atoms with Gasteiger partial charge in [-0.3, -0.25) is 4.79 Å². The predicted octanol–water partition coefficient (Wildman–Crippen LogP) is 2.79. The van der Waals surface area contributed by atoms with Crippen molar-refractivity contribution in [3.05, 3.63) is 22.8 Å². The van der Waals surface area contributed by atoms with E-state index in [9.17, 15) is 4.79 Å². The average molecular weight is 268 g/mol. The second-order valence-electron chi connectivity index (χ2n) is 4.67. The summed E-state index contributed by atoms with van der Waals surface area (Å²) >= 11 is 5.92. The Morgan fingerprint density at radius 3 is 2.72 bits per heavy atom. The number of rotatable bonds is 3. The molecule has 1 N–H and O–H groups in total. The summed E-state index contributed by atoms with van der Waals surface area (Å²) in [5.74, 6) is 0.633. The summed E-state index contributed by atoms with van der Waals surface area (Å²) in [5, 5.41) is 3.24. The Bertz CT molecular complexity index is 444. The lowest BCUT2D eigenvalue weighted by Crippen LogP contribution is -2.35. The largest absolute Gasteiger partial charge is 0.373 e. The molecule has 0 atom stereocenters. The number of nitrogens with zero attached hydrogens (tertiary/aromatic N) is 2. The first-order valence-electron chi connectivity index (χ1n) is 6.24. The fourth-order valence-corrected chi connectivity index (χ4v) is 2.62. The van der Waals surface area contributed by atoms with Gasteiger partial charge in [-0.1, -0.05) is 24.4 Å². The van der Waals surface area contributed by atoms with Crippen molar-refractivity contribution < 1.29 is 4.79 Å². The fourth-order valence-electron chi connectivity index (χ4n) is 2.41. The molecule has 0 unspecified atom stereocenters. The van der Waals surface area contributed by atoms with Crippen LogP contribution < -0.4 is 5.32 Å². The number of aromatic nitrogens is 1. The monoisotopic (exact) mass is 267 g/mol. The van der Waals surface area contributed by atoms with E-state index < -0.39 is 0 Å². The van der Waals surface area contributed by atoms with Gasteiger partial charge in [-0.25, -0.2) is 4.98 Å². The Hall–Kier alpha value is -1.29. The zero-order chi connectivity index (χ0) is 13.1. The van der Waals surface area contributed by atoms with Gasteiger partial charge in [0.1, 0.15) is 11.0 Å². The number of hydrogen-bond donors (Lipinski definition) is 1. The van der Waals surface area contributed by atoms with Crippen LogP contribution in [-0.4, -0.2) is 35.9 Å². The van der Waals surface area contributed by atoms with Crippen molar-refractivity contribution in [2.24, 2.45) is 0 Å². The lowest BCUT2D eigenvalue weighted by Gasteiger charge is -2.24. The van der Waals surface area contributed by atoms with Crippen molar-refractivity contribution in [1.29, 1.82) is 0 Å². The Morgan fingerprint density at radius 1 is 1.44 bits per heavy atom. The van der Waals surface area contributed by atoms with Crippen LogP contribution in [0, 0.1) is 0 Å². The van der Waals surface area contributed by atoms with Gasteiger partial charge >= 0.3 is 0 Å². The zero-order valence-corrected chi connectivity index (χ0v) is 11.5. The third kappa shape index (κ3) is 2.75. The van der Waals surface area contributed by atoms with Gasteiger partial charge in [-0.15, -0.1) is 0 Å². The molecule has 1 aliphatic rings. The first-order chi connectivity index (χ1) is 8.61. The molecule has 2 rings (SSSR count). The minimum absolute atomic E-state index is 0.0164. The minimum atomic E-state index is 0.0164. The molecule has 1 aromatic rings. The van der Waals surface area contributed by atoms with E-state index >= 15 is 0 Å². The molecule has 98 valence electrons. The van der Waals surface area contributed by atoms with Crippen LogP contribution in [0.2, 0.25) is 5.15 Å². The smallest absolute Gasteiger partial charge is 0.254 e. The van der Waals surface area contributed by atoms with Crippen LogP contribution in [0.25, 0.3) is 0 Å². The maximum absolute atomic E-state index is 12.4. The van der Waals surface area contributed by atoms with Crippen LogP contribution in [0.5, 0.6) is 0 Å². The molecule has 0 spiro atoms. The second-order valence-corrected chi connectivity index (χ2v) is 5.06. The summed E-state index contributed by atoms with van der Waals surface area (Å²) in [6.45, 7) is 0. The van der Waals surface area contributed by atoms with Gasteiger partial charge in [0.2, 0.25) is 0 Å². The molecule has 1 amide bonds. The van der Waals surface area contributed by atoms with Crippen molar-refractivity contribution in [3.63, 3.8) is 0 Å². The highest BCUT2D eigenvalue weighted by Crippen LogP contribution is 2.24. The molecule has 0 bridgehead atoms. The van der Waals surface area contributed by atoms with Crippen molar-refractivity contribution >= 4 is 23.3 Å². The molecular formula is C13H18ClN3O. The molecule has 0 saturated heterocycles. The van der Waals surface area contributed by atoms with Crippen LogP contribution in [-0.2, 0) is 0 Å². The van der Waals surface area contributed by atoms with E-state index in [1.165, 1.54) is 12.8 Å². The van der Waals surface area contributed by atoms with E-state index in [0.717, 1.165) is 12.8 Å². The highest BCUT2D eigenvalue weighted by atomic mass is 35.5. The van der Waals surface area contributed by atoms with E-state index in [2.05, 4.69) is 10.3 Å². The zero-order valence-electron chi connectivity index (χ0n) is 10.7. The van der Waals surface area contributed by atoms with Gasteiger partial charge < -0.3 is 10.2 Å². The minimum Gasteiger partial charge on any atom is -0.373 e. The highest BCUT2D eigenvalue weighted by molar-refractivity contribution is 6.29. The Morgan fingerprint density at radius 2 is 2.11 bits per heavy atom. The van der Waals surface area contributed by atoms with Gasteiger partial charge in [0, 0.05) is 25.7 Å². The van der Waals surface area contributed by atoms with Gasteiger partial charge in [-0.05, 0) is 25.0 Å². The van der Waals surface area contributed by atoms with E-state index in [4.69, 9.17) is 11.6 Å². The fraction of sp³-hybridized carbons (Fsp3) is 0.538. The van der Waals surface area contributed by atoms with Crippen LogP contribution in [0.3, 0.4) is 0 Å². The number of amides is 1. The summed E-state index contributed by atoms with van der Waals surface area (Å²) in [4.78, 5) is 18.3. The number of carbonyl (C=O) groups excluding carboxylic acids is 1. The Kier molecular flexibility index (Phi) is 4.07. The first-order valence-corrected chi connectivity index (χ1v) is 6.62. The third-order valence-electron chi connectivity index (χ3n) is 3.49. The summed E-state index contributed by atoms with van der Waals surface area (Å²) < 4.78 is 0. The Balaban J connectivity index is 2.19. The number of halogens is 1. The standard InChI is InChI=1S/C13H18ClN3O/c1-15-12-8-9(7-11(14)16-12)13(18)17(2)10-5-3-4-6-10/h7-8,10H,3-6H2,1-2H3,(H,15,16). The van der Waals surface area contributed by atoms with Gasteiger partial charge in [0.25, 0.3) is 5.91 Å². The quantitative estimate of drug-likeness (QED) is 0.857. The molecular weight excluding hydrogens is 250 g/mol. The van der Waals surface area contributed by atoms with Crippen LogP contribution in [0.15, 0.2) is 12.1 Å². The summed E-state index contributed by atoms with van der Waals surface area (Å²) in [6.07, 6.45) is 4.61. The molecule has 5 heteroatoms. The second kappa shape index (κ2) is 5.57. The summed E-state index contributed by atoms with van der Waals surface area (Å²) in [6, 6.07) is 3.72. The molecule has 1 fully saturated rings. The predicted molar refractivity (Wildman–Crippen MR) is 73.1 cm³/mol. The molecule has 0 aliphatic heterocycles. The average Bonchev–Trinajstić information content (AvgIpc) is 2.90. The number of anilines is 1. The van der Waals surface area contributed by atoms with Crippen molar-refractivity contribution in [2.75, 3.05) is 19.4 Å². The molecule has 1 aromatic heterocycles. The molecule has 0 aromatic carbocycles. The molecule has 4 nitrogen and oxygen atoms in total. The number of hydrogen-bond acceptors (Lipinski definition) is 3. The highest BCUT2D eigenvalue weighted by Gasteiger charge is 2.24. The SMILES string of the molecule is CNc1cc(C(=O)N(C)C2CCCC2)cc(Cl)n1. The third-order valence-corrected chi connectivity index (χ3v) is 3.68. The first kappa shape index (κ1) is 13.1. The van der Waals surface area contributed by atoms with Crippen LogP contribution in [0.4, 0.5) is 5.82 Å². The van der Waals surface area contributed by atoms with Crippen molar-refractivity contribution in [2.45, 2.75) is 31.7 Å². The van der Waals surface area contributed by atoms with E-state index in [1.807, 2.05) is 11.9 Å². The van der Waals surface area contributed by atoms with Crippen LogP contribution in [0.1, 0.15) is 36.0 Å². The molecule has 1 aliphatic carbocycles. The lowest BCUT2D eigenvalue weighted by atomic mass is 10.1.